The van der Waals surface area contributed by atoms with Gasteiger partial charge in [-0.1, -0.05) is 23.2 Å². The van der Waals surface area contributed by atoms with E-state index in [2.05, 4.69) is 5.32 Å². The first-order valence-electron chi connectivity index (χ1n) is 7.56. The standard InChI is InChI=1S/C19H11Cl2F2NO3/c20-10-1-4-13(5-2-10)27-17-6-3-12(9-15(17)21)24-19(26)14-7-11(22)8-16(23)18(14)25/h1-9,25H,(H,24,26). The molecule has 0 aliphatic heterocycles. The lowest BCUT2D eigenvalue weighted by molar-refractivity contribution is 0.102. The molecule has 8 heteroatoms. The molecular formula is C19H11Cl2F2NO3. The molecule has 0 spiro atoms. The lowest BCUT2D eigenvalue weighted by Crippen LogP contribution is -2.13. The van der Waals surface area contributed by atoms with Crippen LogP contribution in [0.15, 0.2) is 54.6 Å². The number of phenolic OH excluding ortho intramolecular Hbond substituents is 1. The monoisotopic (exact) mass is 409 g/mol. The van der Waals surface area contributed by atoms with Gasteiger partial charge in [0.25, 0.3) is 5.91 Å². The molecule has 0 unspecified atom stereocenters. The van der Waals surface area contributed by atoms with Crippen LogP contribution in [0.3, 0.4) is 0 Å². The highest BCUT2D eigenvalue weighted by atomic mass is 35.5. The normalized spacial score (nSPS) is 10.5. The Bertz CT molecular complexity index is 1010. The van der Waals surface area contributed by atoms with Gasteiger partial charge in [-0.05, 0) is 48.5 Å². The lowest BCUT2D eigenvalue weighted by atomic mass is 10.1. The summed E-state index contributed by atoms with van der Waals surface area (Å²) in [7, 11) is 0. The summed E-state index contributed by atoms with van der Waals surface area (Å²) in [5, 5.41) is 12.7. The van der Waals surface area contributed by atoms with Gasteiger partial charge < -0.3 is 15.2 Å². The summed E-state index contributed by atoms with van der Waals surface area (Å²) in [5.74, 6) is -3.21. The summed E-state index contributed by atoms with van der Waals surface area (Å²) in [6, 6.07) is 12.2. The number of carbonyl (C=O) groups excluding carboxylic acids is 1. The maximum Gasteiger partial charge on any atom is 0.259 e. The number of phenols is 1. The van der Waals surface area contributed by atoms with Crippen LogP contribution in [0, 0.1) is 11.6 Å². The Morgan fingerprint density at radius 2 is 1.70 bits per heavy atom. The molecule has 0 radical (unpaired) electrons. The Labute approximate surface area is 162 Å². The van der Waals surface area contributed by atoms with Crippen molar-refractivity contribution in [3.8, 4) is 17.2 Å². The molecule has 0 aromatic heterocycles. The van der Waals surface area contributed by atoms with Gasteiger partial charge in [0.2, 0.25) is 0 Å². The van der Waals surface area contributed by atoms with E-state index >= 15 is 0 Å². The van der Waals surface area contributed by atoms with E-state index in [0.717, 1.165) is 6.07 Å². The quantitative estimate of drug-likeness (QED) is 0.553. The first kappa shape index (κ1) is 18.9. The van der Waals surface area contributed by atoms with E-state index in [1.165, 1.54) is 18.2 Å². The van der Waals surface area contributed by atoms with Gasteiger partial charge in [-0.2, -0.15) is 0 Å². The zero-order valence-corrected chi connectivity index (χ0v) is 15.0. The topological polar surface area (TPSA) is 58.6 Å². The third-order valence-corrected chi connectivity index (χ3v) is 4.05. The maximum atomic E-state index is 13.4. The molecule has 0 heterocycles. The van der Waals surface area contributed by atoms with Crippen LogP contribution in [0.2, 0.25) is 10.0 Å². The summed E-state index contributed by atoms with van der Waals surface area (Å²) >= 11 is 12.0. The number of aromatic hydroxyl groups is 1. The zero-order chi connectivity index (χ0) is 19.6. The van der Waals surface area contributed by atoms with Gasteiger partial charge in [0.15, 0.2) is 11.6 Å². The number of carbonyl (C=O) groups is 1. The summed E-state index contributed by atoms with van der Waals surface area (Å²) in [5.41, 5.74) is -0.289. The van der Waals surface area contributed by atoms with E-state index in [9.17, 15) is 18.7 Å². The number of hydrogen-bond acceptors (Lipinski definition) is 3. The Balaban J connectivity index is 1.78. The number of halogens is 4. The van der Waals surface area contributed by atoms with E-state index in [4.69, 9.17) is 27.9 Å². The van der Waals surface area contributed by atoms with E-state index in [1.807, 2.05) is 0 Å². The Hall–Kier alpha value is -2.83. The molecule has 0 saturated heterocycles. The minimum absolute atomic E-state index is 0.192. The predicted molar refractivity (Wildman–Crippen MR) is 99.0 cm³/mol. The molecular weight excluding hydrogens is 399 g/mol. The van der Waals surface area contributed by atoms with Crippen molar-refractivity contribution in [3.05, 3.63) is 81.8 Å². The molecule has 0 bridgehead atoms. The molecule has 27 heavy (non-hydrogen) atoms. The Morgan fingerprint density at radius 1 is 1.00 bits per heavy atom. The van der Waals surface area contributed by atoms with Crippen LogP contribution in [0.25, 0.3) is 0 Å². The van der Waals surface area contributed by atoms with Crippen LogP contribution in [0.1, 0.15) is 10.4 Å². The van der Waals surface area contributed by atoms with Crippen molar-refractivity contribution >= 4 is 34.8 Å². The second-order valence-corrected chi connectivity index (χ2v) is 6.28. The van der Waals surface area contributed by atoms with Crippen molar-refractivity contribution < 1.29 is 23.4 Å². The first-order valence-corrected chi connectivity index (χ1v) is 8.31. The van der Waals surface area contributed by atoms with Crippen molar-refractivity contribution in [2.75, 3.05) is 5.32 Å². The minimum Gasteiger partial charge on any atom is -0.504 e. The fourth-order valence-corrected chi connectivity index (χ4v) is 2.57. The van der Waals surface area contributed by atoms with E-state index in [-0.39, 0.29) is 10.7 Å². The molecule has 3 aromatic rings. The van der Waals surface area contributed by atoms with Crippen molar-refractivity contribution in [1.29, 1.82) is 0 Å². The van der Waals surface area contributed by atoms with Gasteiger partial charge in [0.05, 0.1) is 10.6 Å². The summed E-state index contributed by atoms with van der Waals surface area (Å²) in [6.45, 7) is 0. The van der Waals surface area contributed by atoms with Crippen LogP contribution < -0.4 is 10.1 Å². The Kier molecular flexibility index (Phi) is 5.48. The second-order valence-electron chi connectivity index (χ2n) is 5.44. The molecule has 0 atom stereocenters. The number of nitrogens with one attached hydrogen (secondary N) is 1. The number of rotatable bonds is 4. The van der Waals surface area contributed by atoms with Gasteiger partial charge in [-0.3, -0.25) is 4.79 Å². The van der Waals surface area contributed by atoms with Gasteiger partial charge in [0, 0.05) is 16.8 Å². The highest BCUT2D eigenvalue weighted by Gasteiger charge is 2.17. The molecule has 0 aliphatic rings. The van der Waals surface area contributed by atoms with Gasteiger partial charge >= 0.3 is 0 Å². The fraction of sp³-hybridized carbons (Fsp3) is 0. The van der Waals surface area contributed by atoms with Crippen molar-refractivity contribution in [2.45, 2.75) is 0 Å². The SMILES string of the molecule is O=C(Nc1ccc(Oc2ccc(Cl)cc2)c(Cl)c1)c1cc(F)cc(F)c1O. The van der Waals surface area contributed by atoms with Crippen molar-refractivity contribution in [1.82, 2.24) is 0 Å². The van der Waals surface area contributed by atoms with E-state index < -0.39 is 28.9 Å². The molecule has 0 fully saturated rings. The molecule has 138 valence electrons. The average molecular weight is 410 g/mol. The largest absolute Gasteiger partial charge is 0.504 e. The van der Waals surface area contributed by atoms with E-state index in [0.29, 0.717) is 22.6 Å². The lowest BCUT2D eigenvalue weighted by Gasteiger charge is -2.11. The second kappa shape index (κ2) is 7.82. The number of anilines is 1. The van der Waals surface area contributed by atoms with Crippen LogP contribution in [0.4, 0.5) is 14.5 Å². The Morgan fingerprint density at radius 3 is 2.37 bits per heavy atom. The van der Waals surface area contributed by atoms with Gasteiger partial charge in [-0.15, -0.1) is 0 Å². The molecule has 0 aliphatic carbocycles. The van der Waals surface area contributed by atoms with E-state index in [1.54, 1.807) is 24.3 Å². The number of benzene rings is 3. The third kappa shape index (κ3) is 4.48. The highest BCUT2D eigenvalue weighted by molar-refractivity contribution is 6.32. The zero-order valence-electron chi connectivity index (χ0n) is 13.5. The maximum absolute atomic E-state index is 13.4. The molecule has 3 aromatic carbocycles. The molecule has 3 rings (SSSR count). The fourth-order valence-electron chi connectivity index (χ4n) is 2.23. The first-order chi connectivity index (χ1) is 12.8. The number of ether oxygens (including phenoxy) is 1. The summed E-state index contributed by atoms with van der Waals surface area (Å²) in [4.78, 5) is 12.2. The predicted octanol–water partition coefficient (Wildman–Crippen LogP) is 6.02. The van der Waals surface area contributed by atoms with Crippen LogP contribution >= 0.6 is 23.2 Å². The van der Waals surface area contributed by atoms with Crippen LogP contribution in [0.5, 0.6) is 17.2 Å². The highest BCUT2D eigenvalue weighted by Crippen LogP contribution is 2.32. The molecule has 2 N–H and O–H groups in total. The summed E-state index contributed by atoms with van der Waals surface area (Å²) < 4.78 is 32.3. The molecule has 0 saturated carbocycles. The summed E-state index contributed by atoms with van der Waals surface area (Å²) in [6.07, 6.45) is 0. The third-order valence-electron chi connectivity index (χ3n) is 3.50. The minimum atomic E-state index is -1.23. The molecule has 1 amide bonds. The average Bonchev–Trinajstić information content (AvgIpc) is 2.62. The van der Waals surface area contributed by atoms with Crippen molar-refractivity contribution in [3.63, 3.8) is 0 Å². The van der Waals surface area contributed by atoms with Gasteiger partial charge in [-0.25, -0.2) is 8.78 Å². The number of amides is 1. The van der Waals surface area contributed by atoms with Crippen LogP contribution in [-0.4, -0.2) is 11.0 Å². The van der Waals surface area contributed by atoms with Gasteiger partial charge in [0.1, 0.15) is 17.3 Å². The number of hydrogen-bond donors (Lipinski definition) is 2. The molecule has 4 nitrogen and oxygen atoms in total. The smallest absolute Gasteiger partial charge is 0.259 e. The van der Waals surface area contributed by atoms with Crippen molar-refractivity contribution in [2.24, 2.45) is 0 Å². The van der Waals surface area contributed by atoms with Crippen LogP contribution in [-0.2, 0) is 0 Å².